The summed E-state index contributed by atoms with van der Waals surface area (Å²) < 4.78 is 13.2. The van der Waals surface area contributed by atoms with Gasteiger partial charge in [-0.15, -0.1) is 0 Å². The number of anilines is 1. The van der Waals surface area contributed by atoms with Crippen LogP contribution in [-0.2, 0) is 0 Å². The summed E-state index contributed by atoms with van der Waals surface area (Å²) in [5, 5.41) is 14.3. The van der Waals surface area contributed by atoms with Crippen LogP contribution < -0.4 is 10.6 Å². The first-order valence-electron chi connectivity index (χ1n) is 6.98. The fourth-order valence-electron chi connectivity index (χ4n) is 2.16. The lowest BCUT2D eigenvalue weighted by Crippen LogP contribution is -2.33. The first-order chi connectivity index (χ1) is 9.55. The van der Waals surface area contributed by atoms with Crippen molar-refractivity contribution in [3.63, 3.8) is 0 Å². The van der Waals surface area contributed by atoms with Gasteiger partial charge in [0.05, 0.1) is 0 Å². The van der Waals surface area contributed by atoms with Gasteiger partial charge in [0.1, 0.15) is 5.82 Å². The second-order valence-corrected chi connectivity index (χ2v) is 5.02. The van der Waals surface area contributed by atoms with Crippen molar-refractivity contribution >= 4 is 11.7 Å². The summed E-state index contributed by atoms with van der Waals surface area (Å²) in [6.45, 7) is 4.47. The van der Waals surface area contributed by atoms with Crippen LogP contribution in [0, 0.1) is 18.7 Å². The van der Waals surface area contributed by atoms with E-state index in [4.69, 9.17) is 5.11 Å². The average Bonchev–Trinajstić information content (AvgIpc) is 2.35. The zero-order valence-corrected chi connectivity index (χ0v) is 12.1. The summed E-state index contributed by atoms with van der Waals surface area (Å²) in [7, 11) is 0. The smallest absolute Gasteiger partial charge is 0.319 e. The van der Waals surface area contributed by atoms with Gasteiger partial charge in [-0.3, -0.25) is 0 Å². The molecule has 0 radical (unpaired) electrons. The van der Waals surface area contributed by atoms with E-state index in [2.05, 4.69) is 17.6 Å². The zero-order valence-electron chi connectivity index (χ0n) is 12.1. The fraction of sp³-hybridized carbons (Fsp3) is 0.533. The highest BCUT2D eigenvalue weighted by Crippen LogP contribution is 2.13. The minimum absolute atomic E-state index is 0.122. The number of rotatable bonds is 7. The molecule has 1 rings (SSSR count). The molecule has 0 saturated heterocycles. The Morgan fingerprint density at radius 3 is 2.70 bits per heavy atom. The van der Waals surface area contributed by atoms with Gasteiger partial charge in [-0.1, -0.05) is 13.3 Å². The third-order valence-electron chi connectivity index (χ3n) is 3.09. The number of urea groups is 1. The minimum atomic E-state index is -0.371. The number of aryl methyl sites for hydroxylation is 1. The molecule has 3 N–H and O–H groups in total. The van der Waals surface area contributed by atoms with Crippen LogP contribution >= 0.6 is 0 Å². The van der Waals surface area contributed by atoms with Crippen LogP contribution in [0.5, 0.6) is 0 Å². The summed E-state index contributed by atoms with van der Waals surface area (Å²) >= 11 is 0. The molecule has 1 aromatic rings. The predicted molar refractivity (Wildman–Crippen MR) is 78.3 cm³/mol. The second kappa shape index (κ2) is 8.53. The topological polar surface area (TPSA) is 61.4 Å². The predicted octanol–water partition coefficient (Wildman–Crippen LogP) is 3.05. The van der Waals surface area contributed by atoms with Crippen LogP contribution in [0.3, 0.4) is 0 Å². The Kier molecular flexibility index (Phi) is 7.01. The van der Waals surface area contributed by atoms with E-state index in [0.717, 1.165) is 18.4 Å². The lowest BCUT2D eigenvalue weighted by Gasteiger charge is -2.16. The maximum absolute atomic E-state index is 13.2. The van der Waals surface area contributed by atoms with Crippen molar-refractivity contribution in [1.82, 2.24) is 5.32 Å². The van der Waals surface area contributed by atoms with Crippen molar-refractivity contribution in [3.8, 4) is 0 Å². The normalized spacial score (nSPS) is 12.0. The second-order valence-electron chi connectivity index (χ2n) is 5.02. The number of nitrogens with one attached hydrogen (secondary N) is 2. The number of amides is 2. The molecule has 0 bridgehead atoms. The van der Waals surface area contributed by atoms with E-state index in [1.54, 1.807) is 13.0 Å². The Hall–Kier alpha value is -1.62. The van der Waals surface area contributed by atoms with Crippen molar-refractivity contribution in [2.24, 2.45) is 5.92 Å². The van der Waals surface area contributed by atoms with Gasteiger partial charge >= 0.3 is 6.03 Å². The molecule has 1 atom stereocenters. The summed E-state index contributed by atoms with van der Waals surface area (Å²) in [5.41, 5.74) is 1.19. The van der Waals surface area contributed by atoms with Gasteiger partial charge in [0.25, 0.3) is 0 Å². The van der Waals surface area contributed by atoms with Crippen LogP contribution in [0.25, 0.3) is 0 Å². The fourth-order valence-corrected chi connectivity index (χ4v) is 2.16. The van der Waals surface area contributed by atoms with Crippen molar-refractivity contribution in [2.75, 3.05) is 18.5 Å². The Morgan fingerprint density at radius 1 is 1.35 bits per heavy atom. The highest BCUT2D eigenvalue weighted by atomic mass is 19.1. The molecule has 0 aliphatic rings. The van der Waals surface area contributed by atoms with Gasteiger partial charge in [0, 0.05) is 18.8 Å². The van der Waals surface area contributed by atoms with E-state index < -0.39 is 0 Å². The lowest BCUT2D eigenvalue weighted by atomic mass is 10.0. The summed E-state index contributed by atoms with van der Waals surface area (Å²) in [5.74, 6) is -0.102. The summed E-state index contributed by atoms with van der Waals surface area (Å²) in [4.78, 5) is 11.7. The molecule has 0 aromatic heterocycles. The molecule has 0 fully saturated rings. The van der Waals surface area contributed by atoms with Crippen LogP contribution in [-0.4, -0.2) is 24.3 Å². The first kappa shape index (κ1) is 16.4. The molecule has 0 saturated carbocycles. The van der Waals surface area contributed by atoms with Gasteiger partial charge < -0.3 is 15.7 Å². The van der Waals surface area contributed by atoms with E-state index in [1.165, 1.54) is 12.1 Å². The first-order valence-corrected chi connectivity index (χ1v) is 6.98. The standard InChI is InChI=1S/C15H23FN2O2/c1-3-4-12(5-6-19)10-17-15(20)18-14-8-11(2)7-13(16)9-14/h7-9,12,19H,3-6,10H2,1-2H3,(H2,17,18,20). The van der Waals surface area contributed by atoms with E-state index >= 15 is 0 Å². The lowest BCUT2D eigenvalue weighted by molar-refractivity contribution is 0.236. The average molecular weight is 282 g/mol. The molecule has 5 heteroatoms. The largest absolute Gasteiger partial charge is 0.396 e. The SMILES string of the molecule is CCCC(CCO)CNC(=O)Nc1cc(C)cc(F)c1. The number of aliphatic hydroxyl groups is 1. The molecule has 0 aliphatic carbocycles. The molecule has 20 heavy (non-hydrogen) atoms. The Bertz CT molecular complexity index is 412. The van der Waals surface area contributed by atoms with Gasteiger partial charge in [0.15, 0.2) is 0 Å². The van der Waals surface area contributed by atoms with E-state index in [1.807, 2.05) is 0 Å². The van der Waals surface area contributed by atoms with Crippen molar-refractivity contribution in [1.29, 1.82) is 0 Å². The molecule has 4 nitrogen and oxygen atoms in total. The van der Waals surface area contributed by atoms with Gasteiger partial charge in [0.2, 0.25) is 0 Å². The van der Waals surface area contributed by atoms with Crippen LogP contribution in [0.2, 0.25) is 0 Å². The molecule has 0 spiro atoms. The van der Waals surface area contributed by atoms with Crippen molar-refractivity contribution in [3.05, 3.63) is 29.6 Å². The van der Waals surface area contributed by atoms with Crippen LogP contribution in [0.15, 0.2) is 18.2 Å². The zero-order chi connectivity index (χ0) is 15.0. The molecule has 2 amide bonds. The molecular weight excluding hydrogens is 259 g/mol. The number of hydrogen-bond donors (Lipinski definition) is 3. The number of aliphatic hydroxyl groups excluding tert-OH is 1. The monoisotopic (exact) mass is 282 g/mol. The van der Waals surface area contributed by atoms with Crippen LogP contribution in [0.1, 0.15) is 31.7 Å². The van der Waals surface area contributed by atoms with E-state index in [-0.39, 0.29) is 24.4 Å². The van der Waals surface area contributed by atoms with Gasteiger partial charge in [-0.25, -0.2) is 9.18 Å². The number of hydrogen-bond acceptors (Lipinski definition) is 2. The van der Waals surface area contributed by atoms with Crippen LogP contribution in [0.4, 0.5) is 14.9 Å². The Balaban J connectivity index is 2.46. The molecule has 0 heterocycles. The number of carbonyl (C=O) groups is 1. The third kappa shape index (κ3) is 6.02. The number of benzene rings is 1. The molecule has 1 unspecified atom stereocenters. The molecule has 1 aromatic carbocycles. The summed E-state index contributed by atoms with van der Waals surface area (Å²) in [6, 6.07) is 4.04. The summed E-state index contributed by atoms with van der Waals surface area (Å²) in [6.07, 6.45) is 2.64. The number of carbonyl (C=O) groups excluding carboxylic acids is 1. The van der Waals surface area contributed by atoms with E-state index in [9.17, 15) is 9.18 Å². The Morgan fingerprint density at radius 2 is 2.10 bits per heavy atom. The third-order valence-corrected chi connectivity index (χ3v) is 3.09. The van der Waals surface area contributed by atoms with Crippen molar-refractivity contribution < 1.29 is 14.3 Å². The van der Waals surface area contributed by atoms with Crippen molar-refractivity contribution in [2.45, 2.75) is 33.1 Å². The van der Waals surface area contributed by atoms with E-state index in [0.29, 0.717) is 18.7 Å². The molecule has 112 valence electrons. The minimum Gasteiger partial charge on any atom is -0.396 e. The maximum atomic E-state index is 13.2. The molecular formula is C15H23FN2O2. The Labute approximate surface area is 119 Å². The quantitative estimate of drug-likeness (QED) is 0.720. The maximum Gasteiger partial charge on any atom is 0.319 e. The van der Waals surface area contributed by atoms with Gasteiger partial charge in [-0.05, 0) is 49.4 Å². The molecule has 0 aliphatic heterocycles. The highest BCUT2D eigenvalue weighted by molar-refractivity contribution is 5.89. The number of halogens is 1. The van der Waals surface area contributed by atoms with Gasteiger partial charge in [-0.2, -0.15) is 0 Å². The highest BCUT2D eigenvalue weighted by Gasteiger charge is 2.09.